The number of carboxylic acid groups (broad SMARTS) is 1. The van der Waals surface area contributed by atoms with Gasteiger partial charge in [0, 0.05) is 34.2 Å². The molecule has 0 rings (SSSR count). The van der Waals surface area contributed by atoms with E-state index in [1.165, 1.54) is 19.3 Å². The van der Waals surface area contributed by atoms with Crippen LogP contribution >= 0.6 is 0 Å². The van der Waals surface area contributed by atoms with E-state index in [0.29, 0.717) is 6.42 Å². The molecular weight excluding hydrogens is 260 g/mol. The minimum atomic E-state index is -0.670. The summed E-state index contributed by atoms with van der Waals surface area (Å²) in [4.78, 5) is 10.0. The van der Waals surface area contributed by atoms with Crippen molar-refractivity contribution < 1.29 is 47.7 Å². The molecule has 0 bridgehead atoms. The molecule has 5 nitrogen and oxygen atoms in total. The Morgan fingerprint density at radius 2 is 1.41 bits per heavy atom. The molecule has 0 spiro atoms. The zero-order valence-electron chi connectivity index (χ0n) is 11.0. The third-order valence-corrected chi connectivity index (χ3v) is 1.49. The first-order valence-corrected chi connectivity index (χ1v) is 5.40. The van der Waals surface area contributed by atoms with E-state index in [1.54, 1.807) is 13.8 Å². The summed E-state index contributed by atoms with van der Waals surface area (Å²) in [6, 6.07) is 0. The van der Waals surface area contributed by atoms with Gasteiger partial charge in [-0.05, 0) is 20.3 Å². The van der Waals surface area contributed by atoms with E-state index < -0.39 is 5.97 Å². The summed E-state index contributed by atoms with van der Waals surface area (Å²) in [6.45, 7) is 5.59. The first kappa shape index (κ1) is 30.3. The minimum Gasteiger partial charge on any atom is -0.870 e. The SMILES string of the molecule is CC(C)O.CCCCCCCC(=O)O.[OH-].[OH-].[Ti]. The van der Waals surface area contributed by atoms with E-state index >= 15 is 0 Å². The van der Waals surface area contributed by atoms with Gasteiger partial charge in [-0.2, -0.15) is 0 Å². The molecule has 0 aliphatic heterocycles. The number of hydrogen-bond acceptors (Lipinski definition) is 4. The molecule has 0 atom stereocenters. The standard InChI is InChI=1S/C8H16O2.C3H8O.2H2O.Ti/c1-2-3-4-5-6-7-8(9)10;1-3(2)4;;;/h2-7H2,1H3,(H,9,10);3-4H,1-2H3;2*1H2;/p-2. The largest absolute Gasteiger partial charge is 0.870 e. The van der Waals surface area contributed by atoms with Crippen LogP contribution in [0.1, 0.15) is 59.3 Å². The predicted octanol–water partition coefficient (Wildman–Crippen LogP) is 2.46. The van der Waals surface area contributed by atoms with Gasteiger partial charge in [-0.3, -0.25) is 4.79 Å². The molecule has 0 radical (unpaired) electrons. The van der Waals surface area contributed by atoms with Gasteiger partial charge in [0.05, 0.1) is 0 Å². The number of aliphatic hydroxyl groups is 1. The van der Waals surface area contributed by atoms with Crippen LogP contribution in [-0.4, -0.2) is 33.2 Å². The fourth-order valence-electron chi connectivity index (χ4n) is 0.880. The second kappa shape index (κ2) is 25.0. The molecule has 0 unspecified atom stereocenters. The smallest absolute Gasteiger partial charge is 0.303 e. The van der Waals surface area contributed by atoms with Crippen LogP contribution < -0.4 is 0 Å². The van der Waals surface area contributed by atoms with E-state index in [1.807, 2.05) is 0 Å². The van der Waals surface area contributed by atoms with Gasteiger partial charge < -0.3 is 21.2 Å². The average Bonchev–Trinajstić information content (AvgIpc) is 2.02. The van der Waals surface area contributed by atoms with Gasteiger partial charge in [0.15, 0.2) is 0 Å². The van der Waals surface area contributed by atoms with Crippen LogP contribution in [0, 0.1) is 0 Å². The molecule has 0 aliphatic carbocycles. The third-order valence-electron chi connectivity index (χ3n) is 1.49. The Bertz CT molecular complexity index is 128. The van der Waals surface area contributed by atoms with Crippen LogP contribution in [0.2, 0.25) is 0 Å². The fraction of sp³-hybridized carbons (Fsp3) is 0.909. The van der Waals surface area contributed by atoms with Crippen molar-refractivity contribution >= 4 is 5.97 Å². The van der Waals surface area contributed by atoms with Crippen molar-refractivity contribution in [2.75, 3.05) is 0 Å². The topological polar surface area (TPSA) is 118 Å². The van der Waals surface area contributed by atoms with Crippen molar-refractivity contribution in [1.29, 1.82) is 0 Å². The molecule has 0 aromatic rings. The first-order chi connectivity index (χ1) is 6.50. The molecule has 0 saturated heterocycles. The molecule has 6 heteroatoms. The Labute approximate surface area is 119 Å². The molecule has 17 heavy (non-hydrogen) atoms. The van der Waals surface area contributed by atoms with E-state index in [4.69, 9.17) is 10.2 Å². The Kier molecular flexibility index (Phi) is 44.6. The van der Waals surface area contributed by atoms with E-state index in [9.17, 15) is 4.79 Å². The second-order valence-corrected chi connectivity index (χ2v) is 3.65. The molecule has 0 amide bonds. The van der Waals surface area contributed by atoms with Gasteiger partial charge in [0.25, 0.3) is 0 Å². The maximum absolute atomic E-state index is 10.0. The zero-order chi connectivity index (χ0) is 11.4. The number of rotatable bonds is 6. The summed E-state index contributed by atoms with van der Waals surface area (Å²) in [7, 11) is 0. The van der Waals surface area contributed by atoms with Crippen molar-refractivity contribution in [2.45, 2.75) is 65.4 Å². The number of carbonyl (C=O) groups is 1. The quantitative estimate of drug-likeness (QED) is 0.574. The number of unbranched alkanes of at least 4 members (excludes halogenated alkanes) is 4. The predicted molar refractivity (Wildman–Crippen MR) is 62.2 cm³/mol. The van der Waals surface area contributed by atoms with Crippen molar-refractivity contribution in [2.24, 2.45) is 0 Å². The molecule has 0 saturated carbocycles. The van der Waals surface area contributed by atoms with Crippen LogP contribution in [-0.2, 0) is 26.5 Å². The summed E-state index contributed by atoms with van der Waals surface area (Å²) in [5.74, 6) is -0.670. The summed E-state index contributed by atoms with van der Waals surface area (Å²) in [5, 5.41) is 16.3. The number of hydrogen-bond donors (Lipinski definition) is 2. The maximum Gasteiger partial charge on any atom is 0.303 e. The number of aliphatic hydroxyl groups excluding tert-OH is 1. The molecule has 106 valence electrons. The number of carboxylic acids is 1. The molecule has 0 fully saturated rings. The third kappa shape index (κ3) is 63.7. The summed E-state index contributed by atoms with van der Waals surface area (Å²) in [5.41, 5.74) is 0. The van der Waals surface area contributed by atoms with E-state index in [2.05, 4.69) is 6.92 Å². The van der Waals surface area contributed by atoms with Gasteiger partial charge in [0.1, 0.15) is 0 Å². The fourth-order valence-corrected chi connectivity index (χ4v) is 0.880. The molecule has 0 aromatic carbocycles. The van der Waals surface area contributed by atoms with Gasteiger partial charge >= 0.3 is 5.97 Å². The summed E-state index contributed by atoms with van der Waals surface area (Å²) in [6.07, 6.45) is 5.72. The molecule has 0 heterocycles. The van der Waals surface area contributed by atoms with Gasteiger partial charge in [0.2, 0.25) is 0 Å². The molecular formula is C11H26O5Ti-2. The molecule has 0 aromatic heterocycles. The van der Waals surface area contributed by atoms with Crippen molar-refractivity contribution in [3.8, 4) is 0 Å². The average molecular weight is 286 g/mol. The Hall–Kier alpha value is 0.0643. The summed E-state index contributed by atoms with van der Waals surface area (Å²) < 4.78 is 0. The van der Waals surface area contributed by atoms with Crippen molar-refractivity contribution in [3.05, 3.63) is 0 Å². The zero-order valence-corrected chi connectivity index (χ0v) is 12.6. The Balaban J connectivity index is -0.0000000607. The maximum atomic E-state index is 10.0. The number of aliphatic carboxylic acids is 1. The van der Waals surface area contributed by atoms with Crippen LogP contribution in [0.15, 0.2) is 0 Å². The second-order valence-electron chi connectivity index (χ2n) is 3.65. The minimum absolute atomic E-state index is 0. The first-order valence-electron chi connectivity index (χ1n) is 5.40. The van der Waals surface area contributed by atoms with Crippen LogP contribution in [0.5, 0.6) is 0 Å². The summed E-state index contributed by atoms with van der Waals surface area (Å²) >= 11 is 0. The Morgan fingerprint density at radius 3 is 1.71 bits per heavy atom. The normalized spacial score (nSPS) is 7.82. The van der Waals surface area contributed by atoms with Crippen LogP contribution in [0.4, 0.5) is 0 Å². The van der Waals surface area contributed by atoms with Gasteiger partial charge in [-0.15, -0.1) is 0 Å². The van der Waals surface area contributed by atoms with Crippen LogP contribution in [0.3, 0.4) is 0 Å². The van der Waals surface area contributed by atoms with Crippen molar-refractivity contribution in [3.63, 3.8) is 0 Å². The Morgan fingerprint density at radius 1 is 1.06 bits per heavy atom. The van der Waals surface area contributed by atoms with E-state index in [0.717, 1.165) is 12.8 Å². The van der Waals surface area contributed by atoms with Gasteiger partial charge in [-0.25, -0.2) is 0 Å². The van der Waals surface area contributed by atoms with E-state index in [-0.39, 0.29) is 38.8 Å². The van der Waals surface area contributed by atoms with Crippen molar-refractivity contribution in [1.82, 2.24) is 0 Å². The van der Waals surface area contributed by atoms with Crippen LogP contribution in [0.25, 0.3) is 0 Å². The monoisotopic (exact) mass is 286 g/mol. The molecule has 0 aliphatic rings. The van der Waals surface area contributed by atoms with Gasteiger partial charge in [-0.1, -0.05) is 32.6 Å². The molecule has 4 N–H and O–H groups in total.